The Morgan fingerprint density at radius 1 is 0.823 bits per heavy atom. The van der Waals surface area contributed by atoms with Crippen LogP contribution in [-0.2, 0) is 16.9 Å². The number of rotatable bonds is 14. The summed E-state index contributed by atoms with van der Waals surface area (Å²) in [5, 5.41) is 18.3. The second-order valence-corrected chi connectivity index (χ2v) is 21.2. The van der Waals surface area contributed by atoms with E-state index in [0.717, 1.165) is 40.2 Å². The highest BCUT2D eigenvalue weighted by molar-refractivity contribution is 6.99. The van der Waals surface area contributed by atoms with Crippen LogP contribution in [0.2, 0.25) is 15.3 Å². The molecule has 8 aromatic rings. The highest BCUT2D eigenvalue weighted by atomic mass is 35.5. The first-order valence-corrected chi connectivity index (χ1v) is 23.5. The number of halogens is 3. The summed E-state index contributed by atoms with van der Waals surface area (Å²) in [6.45, 7) is 11.0. The number of hydrogen-bond acceptors (Lipinski definition) is 8. The van der Waals surface area contributed by atoms with Gasteiger partial charge in [0.25, 0.3) is 8.32 Å². The molecule has 0 saturated carbocycles. The molecule has 0 saturated heterocycles. The molecule has 1 amide bonds. The molecule has 322 valence electrons. The summed E-state index contributed by atoms with van der Waals surface area (Å²) in [4.78, 5) is 33.4. The predicted molar refractivity (Wildman–Crippen MR) is 252 cm³/mol. The molecular weight excluding hydrogens is 863 g/mol. The number of carboxylic acid groups (broad SMARTS) is 1. The van der Waals surface area contributed by atoms with Crippen molar-refractivity contribution in [2.24, 2.45) is 0 Å². The maximum absolute atomic E-state index is 12.1. The summed E-state index contributed by atoms with van der Waals surface area (Å²) >= 11 is 18.0. The summed E-state index contributed by atoms with van der Waals surface area (Å²) in [6, 6.07) is 28.6. The zero-order valence-corrected chi connectivity index (χ0v) is 38.6. The normalized spacial score (nSPS) is 11.9. The third kappa shape index (κ3) is 9.15. The lowest BCUT2D eigenvalue weighted by atomic mass is 10.2. The van der Waals surface area contributed by atoms with Crippen LogP contribution in [-0.4, -0.2) is 84.8 Å². The molecule has 0 aliphatic rings. The van der Waals surface area contributed by atoms with Gasteiger partial charge in [0.15, 0.2) is 11.3 Å². The van der Waals surface area contributed by atoms with Crippen molar-refractivity contribution >= 4 is 93.7 Å². The van der Waals surface area contributed by atoms with Crippen LogP contribution in [0.4, 0.5) is 16.6 Å². The number of nitrogens with zero attached hydrogens (tertiary/aromatic N) is 10. The number of imidazole rings is 2. The Kier molecular flexibility index (Phi) is 13.8. The van der Waals surface area contributed by atoms with E-state index in [2.05, 4.69) is 96.1 Å². The van der Waals surface area contributed by atoms with Crippen molar-refractivity contribution in [3.8, 4) is 0 Å². The Bertz CT molecular complexity index is 2740. The van der Waals surface area contributed by atoms with Gasteiger partial charge in [0.2, 0.25) is 5.95 Å². The van der Waals surface area contributed by atoms with Gasteiger partial charge in [-0.25, -0.2) is 24.6 Å². The highest BCUT2D eigenvalue weighted by Gasteiger charge is 2.50. The van der Waals surface area contributed by atoms with Crippen LogP contribution in [0.15, 0.2) is 116 Å². The van der Waals surface area contributed by atoms with Crippen LogP contribution in [0, 0.1) is 0 Å². The van der Waals surface area contributed by atoms with Crippen molar-refractivity contribution in [3.05, 3.63) is 137 Å². The van der Waals surface area contributed by atoms with E-state index in [-0.39, 0.29) is 11.0 Å². The molecule has 2 aromatic carbocycles. The fourth-order valence-electron chi connectivity index (χ4n) is 7.69. The first kappa shape index (κ1) is 44.5. The van der Waals surface area contributed by atoms with Crippen molar-refractivity contribution in [3.63, 3.8) is 0 Å². The van der Waals surface area contributed by atoms with Crippen molar-refractivity contribution < 1.29 is 14.3 Å². The van der Waals surface area contributed by atoms with Gasteiger partial charge in [0, 0.05) is 56.1 Å². The molecule has 6 heterocycles. The molecule has 0 fully saturated rings. The molecule has 0 aliphatic heterocycles. The van der Waals surface area contributed by atoms with E-state index in [1.165, 1.54) is 17.4 Å². The summed E-state index contributed by atoms with van der Waals surface area (Å²) in [7, 11) is -1.34. The monoisotopic (exact) mass is 910 g/mol. The number of hydrogen-bond donors (Lipinski definition) is 1. The fraction of sp³-hybridized carbons (Fsp3) is 0.289. The van der Waals surface area contributed by atoms with Gasteiger partial charge in [-0.1, -0.05) is 130 Å². The minimum atomic E-state index is -2.79. The molecule has 62 heavy (non-hydrogen) atoms. The van der Waals surface area contributed by atoms with Crippen molar-refractivity contribution in [2.75, 3.05) is 36.5 Å². The number of carbonyl (C=O) groups is 1. The van der Waals surface area contributed by atoms with Crippen LogP contribution in [0.3, 0.4) is 0 Å². The van der Waals surface area contributed by atoms with E-state index < -0.39 is 14.4 Å². The number of pyridine rings is 2. The summed E-state index contributed by atoms with van der Waals surface area (Å²) in [6.07, 6.45) is 9.59. The number of fused-ring (bicyclic) bond motifs is 3. The molecule has 0 atom stereocenters. The van der Waals surface area contributed by atoms with E-state index >= 15 is 0 Å². The number of aromatic nitrogens is 8. The lowest BCUT2D eigenvalue weighted by molar-refractivity contribution is 0.203. The Balaban J connectivity index is 0.000000412. The SMILES string of the molecule is CCCCN(CCO[Si](c1ccccc1)(c1ccccc1)C(C)(C)C)c1nc(N(C)C(=O)O)nc2cn(Cc3ccc(Cl)n4ccnc34)nc12.ClCc1ccc(Cl)n2ccnc12. The Labute approximate surface area is 376 Å². The smallest absolute Gasteiger partial charge is 0.413 e. The molecule has 0 spiro atoms. The van der Waals surface area contributed by atoms with E-state index in [9.17, 15) is 9.90 Å². The van der Waals surface area contributed by atoms with Crippen LogP contribution in [0.25, 0.3) is 22.3 Å². The standard InChI is InChI=1S/C37H43ClN8O3Si.C8H6Cl2N2/c1-6-7-21-44(23-24-49-50(37(2,3)4,28-14-10-8-11-15-28)29-16-12-9-13-17-29)34-32-30(40-35(41-34)43(5)36(47)48)26-45(42-32)25-27-18-19-31(38)46-22-20-39-33(27)46;9-5-6-1-2-7(10)12-4-3-11-8(6)12/h8-20,22,26H,6-7,21,23-25H2,1-5H3,(H,47,48);1-4H,5H2. The maximum Gasteiger partial charge on any atom is 0.413 e. The van der Waals surface area contributed by atoms with E-state index in [1.54, 1.807) is 21.5 Å². The number of unbranched alkanes of at least 4 members (excludes halogenated alkanes) is 1. The van der Waals surface area contributed by atoms with Gasteiger partial charge < -0.3 is 14.4 Å². The highest BCUT2D eigenvalue weighted by Crippen LogP contribution is 2.37. The number of alkyl halides is 1. The number of benzene rings is 2. The number of anilines is 2. The molecular formula is C45H49Cl3N10O3Si. The van der Waals surface area contributed by atoms with Gasteiger partial charge in [0.05, 0.1) is 25.2 Å². The average molecular weight is 912 g/mol. The first-order valence-electron chi connectivity index (χ1n) is 20.3. The maximum atomic E-state index is 12.1. The summed E-state index contributed by atoms with van der Waals surface area (Å²) < 4.78 is 12.7. The van der Waals surface area contributed by atoms with Crippen molar-refractivity contribution in [1.82, 2.24) is 38.5 Å². The van der Waals surface area contributed by atoms with E-state index in [0.29, 0.717) is 59.3 Å². The fourth-order valence-corrected chi connectivity index (χ4v) is 12.9. The molecule has 1 N–H and O–H groups in total. The largest absolute Gasteiger partial charge is 0.465 e. The molecule has 0 radical (unpaired) electrons. The lowest BCUT2D eigenvalue weighted by Gasteiger charge is -2.43. The van der Waals surface area contributed by atoms with Crippen molar-refractivity contribution in [1.29, 1.82) is 0 Å². The molecule has 6 aromatic heterocycles. The van der Waals surface area contributed by atoms with Gasteiger partial charge in [0.1, 0.15) is 27.1 Å². The topological polar surface area (TPSA) is 131 Å². The van der Waals surface area contributed by atoms with Crippen LogP contribution in [0.5, 0.6) is 0 Å². The van der Waals surface area contributed by atoms with Crippen LogP contribution < -0.4 is 20.2 Å². The van der Waals surface area contributed by atoms with Crippen LogP contribution in [0.1, 0.15) is 51.7 Å². The third-order valence-electron chi connectivity index (χ3n) is 10.8. The zero-order valence-electron chi connectivity index (χ0n) is 35.3. The molecule has 8 rings (SSSR count). The summed E-state index contributed by atoms with van der Waals surface area (Å²) in [5.74, 6) is 1.10. The van der Waals surface area contributed by atoms with E-state index in [1.807, 2.05) is 59.4 Å². The average Bonchev–Trinajstić information content (AvgIpc) is 4.06. The Morgan fingerprint density at radius 3 is 1.95 bits per heavy atom. The van der Waals surface area contributed by atoms with Gasteiger partial charge in [-0.3, -0.25) is 13.5 Å². The second kappa shape index (κ2) is 19.3. The van der Waals surface area contributed by atoms with Gasteiger partial charge in [-0.05, 0) is 34.0 Å². The van der Waals surface area contributed by atoms with Gasteiger partial charge >= 0.3 is 6.09 Å². The number of amides is 1. The molecule has 17 heteroatoms. The lowest BCUT2D eigenvalue weighted by Crippen LogP contribution is -2.67. The molecule has 0 unspecified atom stereocenters. The second-order valence-electron chi connectivity index (χ2n) is 15.8. The van der Waals surface area contributed by atoms with Gasteiger partial charge in [-0.2, -0.15) is 10.1 Å². The molecule has 13 nitrogen and oxygen atoms in total. The predicted octanol–water partition coefficient (Wildman–Crippen LogP) is 9.20. The third-order valence-corrected chi connectivity index (χ3v) is 16.7. The molecule has 0 bridgehead atoms. The van der Waals surface area contributed by atoms with E-state index in [4.69, 9.17) is 49.3 Å². The first-order chi connectivity index (χ1) is 29.9. The van der Waals surface area contributed by atoms with Crippen molar-refractivity contribution in [2.45, 2.75) is 58.0 Å². The quantitative estimate of drug-likeness (QED) is 0.0645. The Hall–Kier alpha value is -5.51. The Morgan fingerprint density at radius 2 is 1.40 bits per heavy atom. The summed E-state index contributed by atoms with van der Waals surface area (Å²) in [5.41, 5.74) is 4.61. The van der Waals surface area contributed by atoms with Gasteiger partial charge in [-0.15, -0.1) is 11.6 Å². The zero-order chi connectivity index (χ0) is 44.0. The van der Waals surface area contributed by atoms with Crippen LogP contribution >= 0.6 is 34.8 Å². The minimum Gasteiger partial charge on any atom is -0.465 e. The molecule has 0 aliphatic carbocycles. The minimum absolute atomic E-state index is 0.0797.